The zero-order valence-electron chi connectivity index (χ0n) is 27.0. The third-order valence-corrected chi connectivity index (χ3v) is 10.4. The van der Waals surface area contributed by atoms with Crippen molar-refractivity contribution in [3.63, 3.8) is 0 Å². The summed E-state index contributed by atoms with van der Waals surface area (Å²) in [6, 6.07) is 7.66. The Labute approximate surface area is 277 Å². The van der Waals surface area contributed by atoms with E-state index >= 15 is 8.78 Å². The van der Waals surface area contributed by atoms with E-state index in [2.05, 4.69) is 26.0 Å². The van der Waals surface area contributed by atoms with Crippen molar-refractivity contribution in [2.75, 3.05) is 37.7 Å². The number of phenolic OH excluding ortho intramolecular Hbond substituents is 1. The summed E-state index contributed by atoms with van der Waals surface area (Å²) in [7, 11) is 0. The minimum Gasteiger partial charge on any atom is -0.508 e. The molecule has 8 nitrogen and oxygen atoms in total. The maximum Gasteiger partial charge on any atom is 0.319 e. The van der Waals surface area contributed by atoms with Crippen LogP contribution in [0.3, 0.4) is 0 Å². The van der Waals surface area contributed by atoms with Gasteiger partial charge in [-0.25, -0.2) is 13.2 Å². The maximum atomic E-state index is 17.2. The number of fused-ring (bicyclic) bond motifs is 5. The van der Waals surface area contributed by atoms with Crippen molar-refractivity contribution in [1.82, 2.24) is 20.2 Å². The van der Waals surface area contributed by atoms with Gasteiger partial charge in [0.05, 0.1) is 22.6 Å². The Balaban J connectivity index is 1.35. The Morgan fingerprint density at radius 2 is 1.88 bits per heavy atom. The van der Waals surface area contributed by atoms with Crippen LogP contribution in [0.25, 0.3) is 32.8 Å². The normalized spacial score (nSPS) is 25.3. The van der Waals surface area contributed by atoms with E-state index in [4.69, 9.17) is 20.9 Å². The number of terminal acetylenes is 1. The number of hydrogen-bond donors (Lipinski definition) is 2. The number of ether oxygens (including phenoxy) is 2. The number of nitrogens with zero attached hydrogens (tertiary/aromatic N) is 4. The molecule has 4 atom stereocenters. The molecule has 2 bridgehead atoms. The molecule has 5 heterocycles. The molecule has 4 aromatic rings. The van der Waals surface area contributed by atoms with Gasteiger partial charge in [0.2, 0.25) is 0 Å². The Morgan fingerprint density at radius 1 is 1.08 bits per heavy atom. The molecular formula is C37H38F3N5O3. The van der Waals surface area contributed by atoms with E-state index in [-0.39, 0.29) is 64.1 Å². The summed E-state index contributed by atoms with van der Waals surface area (Å²) in [5.41, 5.74) is -0.281. The number of aromatic nitrogens is 2. The van der Waals surface area contributed by atoms with Crippen LogP contribution in [0.4, 0.5) is 19.0 Å². The van der Waals surface area contributed by atoms with E-state index in [1.807, 2.05) is 13.8 Å². The number of piperazine rings is 1. The van der Waals surface area contributed by atoms with E-state index in [9.17, 15) is 9.50 Å². The summed E-state index contributed by atoms with van der Waals surface area (Å²) in [5.74, 6) is 1.78. The van der Waals surface area contributed by atoms with E-state index < -0.39 is 23.3 Å². The van der Waals surface area contributed by atoms with Gasteiger partial charge < -0.3 is 24.8 Å². The standard InChI is InChI=1S/C37H38F3N5O3/c1-4-26-29(39)9-6-21-12-25(46)13-27(31(21)26)28-14-30(48-20(2)3)32-34(33(28)40)42-36(43-35(32)44-17-23-7-8-24(18-44)41-23)47-19-37-10-5-11-45(37)16-22(38)15-37/h1,6,9,12-14,20,22-24,41,46H,5,7-8,10-11,15-19H2,2-3H3/t22-,23?,24?,37+/m1/s1. The first-order valence-corrected chi connectivity index (χ1v) is 16.8. The van der Waals surface area contributed by atoms with Crippen LogP contribution in [0, 0.1) is 24.0 Å². The molecule has 0 spiro atoms. The molecule has 11 heteroatoms. The highest BCUT2D eigenvalue weighted by Crippen LogP contribution is 2.45. The lowest BCUT2D eigenvalue weighted by molar-refractivity contribution is 0.107. The summed E-state index contributed by atoms with van der Waals surface area (Å²) in [6.45, 7) is 6.45. The maximum absolute atomic E-state index is 17.2. The third-order valence-electron chi connectivity index (χ3n) is 10.4. The highest BCUT2D eigenvalue weighted by atomic mass is 19.1. The van der Waals surface area contributed by atoms with Crippen LogP contribution in [0.15, 0.2) is 30.3 Å². The summed E-state index contributed by atoms with van der Waals surface area (Å²) in [4.78, 5) is 13.9. The summed E-state index contributed by atoms with van der Waals surface area (Å²) in [5, 5.41) is 15.5. The first-order chi connectivity index (χ1) is 23.1. The number of phenols is 1. The number of halogens is 3. The van der Waals surface area contributed by atoms with Crippen molar-refractivity contribution in [2.24, 2.45) is 0 Å². The Kier molecular flexibility index (Phi) is 7.57. The average molecular weight is 658 g/mol. The molecule has 0 saturated carbocycles. The number of aromatic hydroxyl groups is 1. The van der Waals surface area contributed by atoms with Crippen molar-refractivity contribution in [1.29, 1.82) is 0 Å². The average Bonchev–Trinajstić information content (AvgIpc) is 3.70. The fourth-order valence-electron chi connectivity index (χ4n) is 8.44. The Hall–Kier alpha value is -4.27. The van der Waals surface area contributed by atoms with Crippen molar-refractivity contribution >= 4 is 27.5 Å². The fraction of sp³-hybridized carbons (Fsp3) is 0.459. The van der Waals surface area contributed by atoms with Gasteiger partial charge in [-0.15, -0.1) is 6.42 Å². The third kappa shape index (κ3) is 5.17. The Bertz CT molecular complexity index is 1970. The number of anilines is 1. The number of rotatable bonds is 7. The second kappa shape index (κ2) is 11.7. The van der Waals surface area contributed by atoms with Gasteiger partial charge in [0.1, 0.15) is 41.4 Å². The van der Waals surface area contributed by atoms with Gasteiger partial charge in [0, 0.05) is 49.1 Å². The molecule has 0 amide bonds. The SMILES string of the molecule is C#Cc1c(F)ccc2cc(O)cc(-c3cc(OC(C)C)c4c(N5CC6CCC(C5)N6)nc(OC[C@@]56CCCN5C[C@H](F)C6)nc4c3F)c12. The smallest absolute Gasteiger partial charge is 0.319 e. The quantitative estimate of drug-likeness (QED) is 0.231. The topological polar surface area (TPSA) is 83.0 Å². The highest BCUT2D eigenvalue weighted by Gasteiger charge is 2.49. The first-order valence-electron chi connectivity index (χ1n) is 16.8. The molecule has 4 fully saturated rings. The minimum absolute atomic E-state index is 0.00501. The molecule has 4 saturated heterocycles. The highest BCUT2D eigenvalue weighted by molar-refractivity contribution is 6.05. The van der Waals surface area contributed by atoms with E-state index in [0.717, 1.165) is 32.2 Å². The van der Waals surface area contributed by atoms with Gasteiger partial charge in [-0.3, -0.25) is 4.90 Å². The number of benzene rings is 3. The lowest BCUT2D eigenvalue weighted by Gasteiger charge is -2.35. The molecule has 4 aliphatic rings. The van der Waals surface area contributed by atoms with Crippen LogP contribution >= 0.6 is 0 Å². The van der Waals surface area contributed by atoms with Crippen molar-refractivity contribution in [2.45, 2.75) is 75.8 Å². The molecule has 8 rings (SSSR count). The van der Waals surface area contributed by atoms with E-state index in [1.54, 1.807) is 6.07 Å². The Morgan fingerprint density at radius 3 is 2.62 bits per heavy atom. The first kappa shape index (κ1) is 31.0. The second-order valence-corrected chi connectivity index (χ2v) is 14.0. The van der Waals surface area contributed by atoms with Gasteiger partial charge in [0.15, 0.2) is 5.82 Å². The molecule has 0 aliphatic carbocycles. The summed E-state index contributed by atoms with van der Waals surface area (Å²) < 4.78 is 59.5. The number of alkyl halides is 1. The predicted octanol–water partition coefficient (Wildman–Crippen LogP) is 6.10. The van der Waals surface area contributed by atoms with Crippen LogP contribution < -0.4 is 19.7 Å². The van der Waals surface area contributed by atoms with Crippen LogP contribution in [0.1, 0.15) is 51.5 Å². The lowest BCUT2D eigenvalue weighted by atomic mass is 9.92. The van der Waals surface area contributed by atoms with Gasteiger partial charge in [-0.2, -0.15) is 9.97 Å². The van der Waals surface area contributed by atoms with E-state index in [1.165, 1.54) is 24.3 Å². The molecule has 4 aliphatic heterocycles. The lowest BCUT2D eigenvalue weighted by Crippen LogP contribution is -2.51. The molecule has 0 radical (unpaired) electrons. The largest absolute Gasteiger partial charge is 0.508 e. The van der Waals surface area contributed by atoms with Crippen molar-refractivity contribution in [3.8, 4) is 41.0 Å². The van der Waals surface area contributed by atoms with Crippen LogP contribution in [0.2, 0.25) is 0 Å². The van der Waals surface area contributed by atoms with Crippen molar-refractivity contribution < 1.29 is 27.8 Å². The summed E-state index contributed by atoms with van der Waals surface area (Å²) >= 11 is 0. The predicted molar refractivity (Wildman–Crippen MR) is 178 cm³/mol. The molecule has 3 aromatic carbocycles. The van der Waals surface area contributed by atoms with Crippen LogP contribution in [-0.2, 0) is 0 Å². The zero-order chi connectivity index (χ0) is 33.3. The zero-order valence-corrected chi connectivity index (χ0v) is 27.0. The van der Waals surface area contributed by atoms with Crippen LogP contribution in [0.5, 0.6) is 17.5 Å². The molecular weight excluding hydrogens is 619 g/mol. The molecule has 48 heavy (non-hydrogen) atoms. The number of hydrogen-bond acceptors (Lipinski definition) is 8. The van der Waals surface area contributed by atoms with Gasteiger partial charge in [-0.1, -0.05) is 12.0 Å². The van der Waals surface area contributed by atoms with Crippen molar-refractivity contribution in [3.05, 3.63) is 47.5 Å². The van der Waals surface area contributed by atoms with E-state index in [0.29, 0.717) is 48.4 Å². The monoisotopic (exact) mass is 657 g/mol. The number of nitrogens with one attached hydrogen (secondary N) is 1. The summed E-state index contributed by atoms with van der Waals surface area (Å²) in [6.07, 6.45) is 8.73. The second-order valence-electron chi connectivity index (χ2n) is 14.0. The van der Waals surface area contributed by atoms with Gasteiger partial charge in [0.25, 0.3) is 0 Å². The fourth-order valence-corrected chi connectivity index (χ4v) is 8.44. The van der Waals surface area contributed by atoms with Crippen LogP contribution in [-0.4, -0.2) is 82.7 Å². The minimum atomic E-state index is -0.927. The molecule has 1 aromatic heterocycles. The molecule has 250 valence electrons. The molecule has 2 unspecified atom stereocenters. The van der Waals surface area contributed by atoms with Gasteiger partial charge in [-0.05, 0) is 81.3 Å². The van der Waals surface area contributed by atoms with Gasteiger partial charge >= 0.3 is 6.01 Å². The molecule has 2 N–H and O–H groups in total.